The Morgan fingerprint density at radius 3 is 2.18 bits per heavy atom. The van der Waals surface area contributed by atoms with Gasteiger partial charge in [0.1, 0.15) is 0 Å². The van der Waals surface area contributed by atoms with Crippen LogP contribution in [0.2, 0.25) is 0 Å². The first kappa shape index (κ1) is 11.5. The highest BCUT2D eigenvalue weighted by molar-refractivity contribution is 5.89. The molecule has 0 fully saturated rings. The van der Waals surface area contributed by atoms with E-state index in [0.717, 1.165) is 22.5 Å². The van der Waals surface area contributed by atoms with Gasteiger partial charge in [-0.2, -0.15) is 0 Å². The first-order valence-corrected chi connectivity index (χ1v) is 5.50. The average Bonchev–Trinajstić information content (AvgIpc) is 2.61. The molecule has 0 bridgehead atoms. The molecule has 88 valence electrons. The third-order valence-corrected chi connectivity index (χ3v) is 3.05. The minimum Gasteiger partial charge on any atom is -0.478 e. The molecular weight excluding hydrogens is 214 g/mol. The summed E-state index contributed by atoms with van der Waals surface area (Å²) < 4.78 is 1.94. The summed E-state index contributed by atoms with van der Waals surface area (Å²) in [6.45, 7) is 5.89. The van der Waals surface area contributed by atoms with Gasteiger partial charge in [0.2, 0.25) is 0 Å². The monoisotopic (exact) mass is 229 g/mol. The molecule has 0 atom stereocenters. The minimum absolute atomic E-state index is 0.354. The number of rotatable bonds is 2. The lowest BCUT2D eigenvalue weighted by Crippen LogP contribution is -2.04. The maximum Gasteiger partial charge on any atom is 0.337 e. The zero-order valence-corrected chi connectivity index (χ0v) is 10.2. The van der Waals surface area contributed by atoms with Gasteiger partial charge in [-0.25, -0.2) is 4.79 Å². The molecule has 17 heavy (non-hydrogen) atoms. The van der Waals surface area contributed by atoms with E-state index in [2.05, 4.69) is 0 Å². The summed E-state index contributed by atoms with van der Waals surface area (Å²) in [6.07, 6.45) is 1.81. The largest absolute Gasteiger partial charge is 0.478 e. The molecule has 3 nitrogen and oxygen atoms in total. The summed E-state index contributed by atoms with van der Waals surface area (Å²) in [4.78, 5) is 11.0. The molecule has 0 amide bonds. The van der Waals surface area contributed by atoms with Gasteiger partial charge in [-0.05, 0) is 38.0 Å². The van der Waals surface area contributed by atoms with Gasteiger partial charge < -0.3 is 9.67 Å². The third-order valence-electron chi connectivity index (χ3n) is 3.05. The van der Waals surface area contributed by atoms with Crippen molar-refractivity contribution < 1.29 is 9.90 Å². The number of carbonyl (C=O) groups is 1. The lowest BCUT2D eigenvalue weighted by atomic mass is 10.1. The number of hydrogen-bond acceptors (Lipinski definition) is 1. The zero-order valence-electron chi connectivity index (χ0n) is 10.2. The molecule has 0 aliphatic rings. The standard InChI is InChI=1S/C14H15NO2/c1-9-5-4-6-10(2)13(9)15-8-7-12(11(15)3)14(16)17/h4-8H,1-3H3,(H,16,17). The fourth-order valence-electron chi connectivity index (χ4n) is 2.17. The van der Waals surface area contributed by atoms with Gasteiger partial charge in [0.25, 0.3) is 0 Å². The van der Waals surface area contributed by atoms with Crippen LogP contribution in [0.1, 0.15) is 27.2 Å². The number of hydrogen-bond donors (Lipinski definition) is 1. The third kappa shape index (κ3) is 1.84. The molecule has 3 heteroatoms. The Morgan fingerprint density at radius 2 is 1.71 bits per heavy atom. The van der Waals surface area contributed by atoms with Crippen LogP contribution < -0.4 is 0 Å². The Hall–Kier alpha value is -2.03. The van der Waals surface area contributed by atoms with Crippen LogP contribution in [-0.2, 0) is 0 Å². The van der Waals surface area contributed by atoms with Crippen molar-refractivity contribution in [2.75, 3.05) is 0 Å². The highest BCUT2D eigenvalue weighted by Gasteiger charge is 2.14. The number of aromatic carboxylic acids is 1. The average molecular weight is 229 g/mol. The Kier molecular flexibility index (Phi) is 2.76. The number of para-hydroxylation sites is 1. The maximum absolute atomic E-state index is 11.0. The molecule has 1 N–H and O–H groups in total. The molecule has 0 spiro atoms. The molecule has 0 saturated heterocycles. The van der Waals surface area contributed by atoms with Gasteiger partial charge in [0.15, 0.2) is 0 Å². The zero-order chi connectivity index (χ0) is 12.6. The Labute approximate surface area is 100 Å². The summed E-state index contributed by atoms with van der Waals surface area (Å²) in [5.41, 5.74) is 4.46. The van der Waals surface area contributed by atoms with E-state index in [-0.39, 0.29) is 0 Å². The van der Waals surface area contributed by atoms with E-state index >= 15 is 0 Å². The number of carboxylic acids is 1. The Bertz CT molecular complexity index is 562. The molecule has 0 aliphatic carbocycles. The topological polar surface area (TPSA) is 42.2 Å². The van der Waals surface area contributed by atoms with Crippen molar-refractivity contribution in [1.82, 2.24) is 4.57 Å². The molecule has 2 aromatic rings. The Morgan fingerprint density at radius 1 is 1.12 bits per heavy atom. The quantitative estimate of drug-likeness (QED) is 0.859. The van der Waals surface area contributed by atoms with E-state index in [4.69, 9.17) is 5.11 Å². The van der Waals surface area contributed by atoms with Crippen molar-refractivity contribution in [3.8, 4) is 5.69 Å². The fourth-order valence-corrected chi connectivity index (χ4v) is 2.17. The van der Waals surface area contributed by atoms with E-state index in [1.165, 1.54) is 0 Å². The number of nitrogens with zero attached hydrogens (tertiary/aromatic N) is 1. The molecule has 0 unspecified atom stereocenters. The lowest BCUT2D eigenvalue weighted by molar-refractivity contribution is 0.0696. The highest BCUT2D eigenvalue weighted by Crippen LogP contribution is 2.22. The van der Waals surface area contributed by atoms with Crippen molar-refractivity contribution in [3.05, 3.63) is 52.8 Å². The van der Waals surface area contributed by atoms with Crippen molar-refractivity contribution in [1.29, 1.82) is 0 Å². The molecule has 0 aliphatic heterocycles. The van der Waals surface area contributed by atoms with Crippen molar-refractivity contribution in [3.63, 3.8) is 0 Å². The van der Waals surface area contributed by atoms with Crippen molar-refractivity contribution >= 4 is 5.97 Å². The molecular formula is C14H15NO2. The van der Waals surface area contributed by atoms with Gasteiger partial charge in [-0.15, -0.1) is 0 Å². The predicted molar refractivity (Wildman–Crippen MR) is 66.9 cm³/mol. The van der Waals surface area contributed by atoms with E-state index in [0.29, 0.717) is 5.56 Å². The number of benzene rings is 1. The summed E-state index contributed by atoms with van der Waals surface area (Å²) in [5, 5.41) is 9.05. The second-order valence-electron chi connectivity index (χ2n) is 4.23. The van der Waals surface area contributed by atoms with Gasteiger partial charge in [-0.3, -0.25) is 0 Å². The summed E-state index contributed by atoms with van der Waals surface area (Å²) >= 11 is 0. The molecule has 0 saturated carbocycles. The van der Waals surface area contributed by atoms with Crippen LogP contribution in [0.15, 0.2) is 30.5 Å². The van der Waals surface area contributed by atoms with Crippen molar-refractivity contribution in [2.45, 2.75) is 20.8 Å². The predicted octanol–water partition coefficient (Wildman–Crippen LogP) is 3.10. The smallest absolute Gasteiger partial charge is 0.337 e. The summed E-state index contributed by atoms with van der Waals surface area (Å²) in [7, 11) is 0. The van der Waals surface area contributed by atoms with Crippen LogP contribution in [0, 0.1) is 20.8 Å². The van der Waals surface area contributed by atoms with E-state index in [1.807, 2.05) is 49.7 Å². The second-order valence-corrected chi connectivity index (χ2v) is 4.23. The molecule has 0 radical (unpaired) electrons. The van der Waals surface area contributed by atoms with E-state index in [1.54, 1.807) is 6.07 Å². The first-order valence-electron chi connectivity index (χ1n) is 5.50. The molecule has 1 aromatic heterocycles. The van der Waals surface area contributed by atoms with Crippen LogP contribution in [0.3, 0.4) is 0 Å². The summed E-state index contributed by atoms with van der Waals surface area (Å²) in [5.74, 6) is -0.882. The minimum atomic E-state index is -0.882. The maximum atomic E-state index is 11.0. The normalized spacial score (nSPS) is 10.5. The first-order chi connectivity index (χ1) is 8.02. The highest BCUT2D eigenvalue weighted by atomic mass is 16.4. The lowest BCUT2D eigenvalue weighted by Gasteiger charge is -2.13. The number of aryl methyl sites for hydroxylation is 2. The molecule has 2 rings (SSSR count). The van der Waals surface area contributed by atoms with Crippen LogP contribution >= 0.6 is 0 Å². The van der Waals surface area contributed by atoms with E-state index in [9.17, 15) is 4.79 Å². The van der Waals surface area contributed by atoms with Crippen molar-refractivity contribution in [2.24, 2.45) is 0 Å². The van der Waals surface area contributed by atoms with E-state index < -0.39 is 5.97 Å². The molecule has 1 heterocycles. The van der Waals surface area contributed by atoms with Gasteiger partial charge in [0.05, 0.1) is 11.3 Å². The van der Waals surface area contributed by atoms with Gasteiger partial charge >= 0.3 is 5.97 Å². The number of aromatic nitrogens is 1. The molecule has 1 aromatic carbocycles. The van der Waals surface area contributed by atoms with Crippen LogP contribution in [0.5, 0.6) is 0 Å². The van der Waals surface area contributed by atoms with Crippen LogP contribution in [0.4, 0.5) is 0 Å². The summed E-state index contributed by atoms with van der Waals surface area (Å²) in [6, 6.07) is 7.71. The number of carboxylic acid groups (broad SMARTS) is 1. The van der Waals surface area contributed by atoms with Crippen LogP contribution in [0.25, 0.3) is 5.69 Å². The second kappa shape index (κ2) is 4.09. The SMILES string of the molecule is Cc1cccc(C)c1-n1ccc(C(=O)O)c1C. The van der Waals surface area contributed by atoms with Crippen LogP contribution in [-0.4, -0.2) is 15.6 Å². The fraction of sp³-hybridized carbons (Fsp3) is 0.214. The Balaban J connectivity index is 2.66. The van der Waals surface area contributed by atoms with Gasteiger partial charge in [-0.1, -0.05) is 18.2 Å². The van der Waals surface area contributed by atoms with Gasteiger partial charge in [0, 0.05) is 11.9 Å².